The van der Waals surface area contributed by atoms with E-state index in [-0.39, 0.29) is 29.4 Å². The molecule has 0 aliphatic carbocycles. The summed E-state index contributed by atoms with van der Waals surface area (Å²) in [7, 11) is -3.47. The number of amides is 1. The third kappa shape index (κ3) is 4.95. The molecule has 6 nitrogen and oxygen atoms in total. The molecule has 1 aromatic heterocycles. The molecule has 0 saturated carbocycles. The number of anilines is 1. The lowest BCUT2D eigenvalue weighted by atomic mass is 10.1. The Labute approximate surface area is 185 Å². The van der Waals surface area contributed by atoms with Crippen molar-refractivity contribution < 1.29 is 13.2 Å². The van der Waals surface area contributed by atoms with Crippen molar-refractivity contribution in [1.29, 1.82) is 0 Å². The topological polar surface area (TPSA) is 91.9 Å². The van der Waals surface area contributed by atoms with E-state index in [1.165, 1.54) is 24.3 Å². The minimum Gasteiger partial charge on any atom is -0.338 e. The number of fused-ring (bicyclic) bond motifs is 1. The number of imidazole rings is 1. The Morgan fingerprint density at radius 3 is 2.45 bits per heavy atom. The Hall–Kier alpha value is -3.16. The molecule has 0 aliphatic rings. The molecule has 8 heteroatoms. The lowest BCUT2D eigenvalue weighted by molar-refractivity contribution is -0.116. The maximum atomic E-state index is 12.5. The summed E-state index contributed by atoms with van der Waals surface area (Å²) in [6.45, 7) is 0. The van der Waals surface area contributed by atoms with E-state index in [4.69, 9.17) is 11.6 Å². The van der Waals surface area contributed by atoms with Crippen LogP contribution in [0.15, 0.2) is 77.7 Å². The fourth-order valence-corrected chi connectivity index (χ4v) is 4.71. The van der Waals surface area contributed by atoms with Gasteiger partial charge in [-0.05, 0) is 55.0 Å². The van der Waals surface area contributed by atoms with Crippen LogP contribution in [0.4, 0.5) is 5.69 Å². The van der Waals surface area contributed by atoms with Crippen LogP contribution >= 0.6 is 11.6 Å². The zero-order chi connectivity index (χ0) is 21.8. The molecule has 0 spiro atoms. The average Bonchev–Trinajstić information content (AvgIpc) is 3.18. The van der Waals surface area contributed by atoms with E-state index >= 15 is 0 Å². The van der Waals surface area contributed by atoms with Crippen molar-refractivity contribution in [2.75, 3.05) is 11.1 Å². The van der Waals surface area contributed by atoms with Gasteiger partial charge in [0.2, 0.25) is 5.91 Å². The van der Waals surface area contributed by atoms with Crippen molar-refractivity contribution in [3.8, 4) is 11.4 Å². The van der Waals surface area contributed by atoms with Crippen LogP contribution in [0.3, 0.4) is 0 Å². The van der Waals surface area contributed by atoms with Gasteiger partial charge in [-0.15, -0.1) is 0 Å². The summed E-state index contributed by atoms with van der Waals surface area (Å²) < 4.78 is 24.8. The fourth-order valence-electron chi connectivity index (χ4n) is 3.27. The van der Waals surface area contributed by atoms with Crippen LogP contribution < -0.4 is 5.32 Å². The van der Waals surface area contributed by atoms with Crippen molar-refractivity contribution >= 4 is 44.1 Å². The normalized spacial score (nSPS) is 11.5. The summed E-state index contributed by atoms with van der Waals surface area (Å²) in [4.78, 5) is 20.5. The molecule has 0 radical (unpaired) electrons. The van der Waals surface area contributed by atoms with Gasteiger partial charge in [-0.2, -0.15) is 0 Å². The van der Waals surface area contributed by atoms with Crippen LogP contribution in [-0.2, 0) is 14.6 Å². The van der Waals surface area contributed by atoms with Crippen LogP contribution in [0.2, 0.25) is 5.02 Å². The number of H-pyrrole nitrogens is 1. The molecule has 1 heterocycles. The molecular weight excluding hydrogens is 434 g/mol. The number of aromatic nitrogens is 2. The number of benzene rings is 3. The van der Waals surface area contributed by atoms with E-state index in [2.05, 4.69) is 15.3 Å². The van der Waals surface area contributed by atoms with Gasteiger partial charge in [-0.3, -0.25) is 4.79 Å². The molecule has 0 atom stereocenters. The minimum absolute atomic E-state index is 0.0846. The Balaban J connectivity index is 1.42. The number of hydrogen-bond donors (Lipinski definition) is 2. The number of nitrogens with one attached hydrogen (secondary N) is 2. The molecule has 1 amide bonds. The maximum absolute atomic E-state index is 12.5. The first-order valence-corrected chi connectivity index (χ1v) is 11.8. The predicted molar refractivity (Wildman–Crippen MR) is 123 cm³/mol. The molecule has 0 unspecified atom stereocenters. The van der Waals surface area contributed by atoms with Crippen molar-refractivity contribution in [3.63, 3.8) is 0 Å². The number of carbonyl (C=O) groups excluding carboxylic acids is 1. The number of carbonyl (C=O) groups is 1. The first kappa shape index (κ1) is 21.1. The van der Waals surface area contributed by atoms with E-state index in [0.717, 1.165) is 16.6 Å². The third-order valence-corrected chi connectivity index (χ3v) is 6.90. The van der Waals surface area contributed by atoms with Gasteiger partial charge in [0.15, 0.2) is 9.84 Å². The molecule has 0 fully saturated rings. The van der Waals surface area contributed by atoms with Crippen LogP contribution in [0.25, 0.3) is 22.4 Å². The highest BCUT2D eigenvalue weighted by Crippen LogP contribution is 2.27. The molecule has 4 rings (SSSR count). The lowest BCUT2D eigenvalue weighted by Crippen LogP contribution is -2.15. The SMILES string of the molecule is O=C(CCCS(=O)(=O)c1ccc(Cl)cc1)Nc1ccccc1-c1nc2ccccc2[nH]1. The molecule has 158 valence electrons. The second-order valence-electron chi connectivity index (χ2n) is 7.07. The van der Waals surface area contributed by atoms with Crippen molar-refractivity contribution in [2.24, 2.45) is 0 Å². The molecule has 0 bridgehead atoms. The molecule has 31 heavy (non-hydrogen) atoms. The second-order valence-corrected chi connectivity index (χ2v) is 9.62. The van der Waals surface area contributed by atoms with E-state index in [1.54, 1.807) is 6.07 Å². The highest BCUT2D eigenvalue weighted by molar-refractivity contribution is 7.91. The van der Waals surface area contributed by atoms with E-state index in [0.29, 0.717) is 16.5 Å². The number of nitrogens with zero attached hydrogens (tertiary/aromatic N) is 1. The van der Waals surface area contributed by atoms with E-state index < -0.39 is 9.84 Å². The van der Waals surface area contributed by atoms with Gasteiger partial charge in [0.25, 0.3) is 0 Å². The fraction of sp³-hybridized carbons (Fsp3) is 0.130. The number of para-hydroxylation sites is 3. The van der Waals surface area contributed by atoms with E-state index in [9.17, 15) is 13.2 Å². The lowest BCUT2D eigenvalue weighted by Gasteiger charge is -2.10. The highest BCUT2D eigenvalue weighted by atomic mass is 35.5. The number of halogens is 1. The molecule has 3 aromatic carbocycles. The van der Waals surface area contributed by atoms with Gasteiger partial charge in [0.1, 0.15) is 5.82 Å². The number of sulfone groups is 1. The van der Waals surface area contributed by atoms with Crippen LogP contribution in [-0.4, -0.2) is 30.0 Å². The summed E-state index contributed by atoms with van der Waals surface area (Å²) in [5.41, 5.74) is 3.13. The number of hydrogen-bond acceptors (Lipinski definition) is 4. The first-order chi connectivity index (χ1) is 14.9. The monoisotopic (exact) mass is 453 g/mol. The minimum atomic E-state index is -3.47. The maximum Gasteiger partial charge on any atom is 0.224 e. The summed E-state index contributed by atoms with van der Waals surface area (Å²) in [5.74, 6) is 0.282. The first-order valence-electron chi connectivity index (χ1n) is 9.75. The van der Waals surface area contributed by atoms with Crippen LogP contribution in [0.5, 0.6) is 0 Å². The molecule has 2 N–H and O–H groups in total. The van der Waals surface area contributed by atoms with Gasteiger partial charge in [0, 0.05) is 17.0 Å². The summed E-state index contributed by atoms with van der Waals surface area (Å²) in [5, 5.41) is 3.35. The molecule has 0 saturated heterocycles. The van der Waals surface area contributed by atoms with Crippen LogP contribution in [0, 0.1) is 0 Å². The summed E-state index contributed by atoms with van der Waals surface area (Å²) in [6, 6.07) is 21.1. The van der Waals surface area contributed by atoms with Crippen molar-refractivity contribution in [3.05, 3.63) is 77.8 Å². The number of rotatable bonds is 7. The van der Waals surface area contributed by atoms with E-state index in [1.807, 2.05) is 42.5 Å². The Morgan fingerprint density at radius 2 is 1.68 bits per heavy atom. The van der Waals surface area contributed by atoms with Gasteiger partial charge in [-0.25, -0.2) is 13.4 Å². The van der Waals surface area contributed by atoms with Gasteiger partial charge < -0.3 is 10.3 Å². The number of aromatic amines is 1. The van der Waals surface area contributed by atoms with Gasteiger partial charge >= 0.3 is 0 Å². The quantitative estimate of drug-likeness (QED) is 0.408. The van der Waals surface area contributed by atoms with Crippen LogP contribution in [0.1, 0.15) is 12.8 Å². The third-order valence-electron chi connectivity index (χ3n) is 4.84. The van der Waals surface area contributed by atoms with Gasteiger partial charge in [0.05, 0.1) is 27.4 Å². The Kier molecular flexibility index (Phi) is 6.06. The Morgan fingerprint density at radius 1 is 0.968 bits per heavy atom. The molecule has 4 aromatic rings. The van der Waals surface area contributed by atoms with Crippen molar-refractivity contribution in [2.45, 2.75) is 17.7 Å². The standard InChI is InChI=1S/C23H20ClN3O3S/c24-16-11-13-17(14-12-16)31(29,30)15-5-10-22(28)25-19-7-2-1-6-18(19)23-26-20-8-3-4-9-21(20)27-23/h1-4,6-9,11-14H,5,10,15H2,(H,25,28)(H,26,27). The zero-order valence-corrected chi connectivity index (χ0v) is 18.1. The van der Waals surface area contributed by atoms with Crippen molar-refractivity contribution in [1.82, 2.24) is 9.97 Å². The highest BCUT2D eigenvalue weighted by Gasteiger charge is 2.16. The molecule has 0 aliphatic heterocycles. The average molecular weight is 454 g/mol. The second kappa shape index (κ2) is 8.91. The summed E-state index contributed by atoms with van der Waals surface area (Å²) >= 11 is 5.81. The predicted octanol–water partition coefficient (Wildman–Crippen LogP) is 5.08. The largest absolute Gasteiger partial charge is 0.338 e. The Bertz CT molecular complexity index is 1300. The zero-order valence-electron chi connectivity index (χ0n) is 16.5. The smallest absolute Gasteiger partial charge is 0.224 e. The molecular formula is C23H20ClN3O3S. The van der Waals surface area contributed by atoms with Gasteiger partial charge in [-0.1, -0.05) is 35.9 Å². The summed E-state index contributed by atoms with van der Waals surface area (Å²) in [6.07, 6.45) is 0.297.